The van der Waals surface area contributed by atoms with Crippen LogP contribution in [0.3, 0.4) is 0 Å². The number of ether oxygens (including phenoxy) is 1. The molecular weight excluding hydrogens is 615 g/mol. The van der Waals surface area contributed by atoms with Gasteiger partial charge in [-0.3, -0.25) is 19.2 Å². The van der Waals surface area contributed by atoms with Crippen LogP contribution in [0.5, 0.6) is 5.75 Å². The summed E-state index contributed by atoms with van der Waals surface area (Å²) in [6.45, 7) is 7.85. The van der Waals surface area contributed by atoms with Crippen molar-refractivity contribution >= 4 is 35.0 Å². The van der Waals surface area contributed by atoms with Crippen molar-refractivity contribution in [2.45, 2.75) is 90.2 Å². The second kappa shape index (κ2) is 14.9. The number of nitrogens with one attached hydrogen (secondary N) is 3. The quantitative estimate of drug-likeness (QED) is 0.191. The first-order valence-electron chi connectivity index (χ1n) is 15.6. The maximum absolute atomic E-state index is 14.5. The Bertz CT molecular complexity index is 1420. The number of unbranched alkanes of at least 4 members (excludes halogenated alkanes) is 1. The molecule has 14 heteroatoms. The second-order valence-corrected chi connectivity index (χ2v) is 13.9. The third kappa shape index (κ3) is 8.80. The summed E-state index contributed by atoms with van der Waals surface area (Å²) in [5.41, 5.74) is 6.80. The van der Waals surface area contributed by atoms with Gasteiger partial charge in [-0.05, 0) is 56.2 Å². The molecule has 6 N–H and O–H groups in total. The van der Waals surface area contributed by atoms with E-state index in [1.165, 1.54) is 16.2 Å². The van der Waals surface area contributed by atoms with Gasteiger partial charge in [0.2, 0.25) is 11.8 Å². The zero-order valence-electron chi connectivity index (χ0n) is 26.9. The molecule has 0 bridgehead atoms. The van der Waals surface area contributed by atoms with E-state index in [1.807, 2.05) is 13.0 Å². The van der Waals surface area contributed by atoms with Gasteiger partial charge in [0.25, 0.3) is 11.8 Å². The number of rotatable bonds is 14. The van der Waals surface area contributed by atoms with E-state index in [0.29, 0.717) is 24.4 Å². The summed E-state index contributed by atoms with van der Waals surface area (Å²) >= 11 is 1.47. The predicted molar refractivity (Wildman–Crippen MR) is 172 cm³/mol. The fourth-order valence-electron chi connectivity index (χ4n) is 5.26. The predicted octanol–water partition coefficient (Wildman–Crippen LogP) is 1.96. The fourth-order valence-corrected chi connectivity index (χ4v) is 6.07. The highest BCUT2D eigenvalue weighted by molar-refractivity contribution is 7.13. The number of amides is 4. The van der Waals surface area contributed by atoms with Crippen molar-refractivity contribution < 1.29 is 33.4 Å². The normalized spacial score (nSPS) is 19.3. The van der Waals surface area contributed by atoms with Crippen LogP contribution in [-0.2, 0) is 25.7 Å². The van der Waals surface area contributed by atoms with Gasteiger partial charge in [-0.25, -0.2) is 9.37 Å². The lowest BCUT2D eigenvalue weighted by molar-refractivity contribution is -0.145. The zero-order valence-corrected chi connectivity index (χ0v) is 27.7. The number of nitrogens with two attached hydrogens (primary N) is 1. The summed E-state index contributed by atoms with van der Waals surface area (Å²) in [5, 5.41) is 18.7. The fraction of sp³-hybridized carbons (Fsp3) is 0.594. The number of halogens is 1. The van der Waals surface area contributed by atoms with Gasteiger partial charge in [0.15, 0.2) is 12.3 Å². The molecule has 0 radical (unpaired) electrons. The lowest BCUT2D eigenvalue weighted by Gasteiger charge is -2.35. The summed E-state index contributed by atoms with van der Waals surface area (Å²) in [5.74, 6) is -1.79. The molecular formula is C32H45FN6O6S. The molecule has 12 nitrogen and oxygen atoms in total. The number of hydrogen-bond acceptors (Lipinski definition) is 9. The first kappa shape index (κ1) is 35.2. The van der Waals surface area contributed by atoms with E-state index in [-0.39, 0.29) is 44.9 Å². The molecule has 1 saturated carbocycles. The van der Waals surface area contributed by atoms with E-state index in [1.54, 1.807) is 38.4 Å². The summed E-state index contributed by atoms with van der Waals surface area (Å²) in [6.07, 6.45) is 0.824. The van der Waals surface area contributed by atoms with Crippen LogP contribution in [-0.4, -0.2) is 88.7 Å². The van der Waals surface area contributed by atoms with Crippen LogP contribution in [0, 0.1) is 12.3 Å². The number of likely N-dealkylation sites (tertiary alicyclic amines) is 1. The molecule has 2 heterocycles. The third-order valence-corrected chi connectivity index (χ3v) is 9.17. The molecule has 1 aliphatic heterocycles. The second-order valence-electron chi connectivity index (χ2n) is 13.1. The van der Waals surface area contributed by atoms with E-state index in [4.69, 9.17) is 10.5 Å². The highest BCUT2D eigenvalue weighted by Gasteiger charge is 2.53. The molecule has 4 rings (SSSR count). The van der Waals surface area contributed by atoms with E-state index in [2.05, 4.69) is 20.9 Å². The summed E-state index contributed by atoms with van der Waals surface area (Å²) in [7, 11) is 0. The number of thiazole rings is 1. The molecule has 3 atom stereocenters. The molecule has 0 spiro atoms. The van der Waals surface area contributed by atoms with Crippen LogP contribution in [0.15, 0.2) is 23.7 Å². The highest BCUT2D eigenvalue weighted by atomic mass is 32.1. The van der Waals surface area contributed by atoms with Crippen LogP contribution >= 0.6 is 11.3 Å². The lowest BCUT2D eigenvalue weighted by Crippen LogP contribution is -2.59. The number of benzene rings is 1. The Morgan fingerprint density at radius 3 is 2.59 bits per heavy atom. The van der Waals surface area contributed by atoms with Gasteiger partial charge in [0, 0.05) is 31.6 Å². The standard InChI is InChI=1S/C32H45FN6O6S/c1-19-26(46-18-37-19)20-7-8-21(24(13-20)45-17-25(41)35-12-6-5-11-34)15-36-28(42)23-14-22(40)16-39(23)29(43)27(31(2,3)4)38-30(44)32(33)9-10-32/h7-8,13,18,22-23,27,40H,5-6,9-12,14-17,34H2,1-4H3,(H,35,41)(H,36,42)(H,38,44)/t22-,23+,27-/m1/s1. The van der Waals surface area contributed by atoms with Crippen molar-refractivity contribution in [1.29, 1.82) is 0 Å². The van der Waals surface area contributed by atoms with Crippen LogP contribution in [0.2, 0.25) is 0 Å². The molecule has 2 fully saturated rings. The van der Waals surface area contributed by atoms with E-state index in [0.717, 1.165) is 29.0 Å². The topological polar surface area (TPSA) is 176 Å². The van der Waals surface area contributed by atoms with Gasteiger partial charge in [-0.1, -0.05) is 32.9 Å². The summed E-state index contributed by atoms with van der Waals surface area (Å²) in [4.78, 5) is 58.7. The number of nitrogens with zero attached hydrogens (tertiary/aromatic N) is 2. The average Bonchev–Trinajstić information content (AvgIpc) is 3.42. The van der Waals surface area contributed by atoms with Gasteiger partial charge in [0.1, 0.15) is 17.8 Å². The minimum atomic E-state index is -1.97. The van der Waals surface area contributed by atoms with Crippen LogP contribution < -0.4 is 26.4 Å². The van der Waals surface area contributed by atoms with Crippen molar-refractivity contribution in [2.75, 3.05) is 26.2 Å². The highest BCUT2D eigenvalue weighted by Crippen LogP contribution is 2.40. The van der Waals surface area contributed by atoms with Crippen molar-refractivity contribution in [3.05, 3.63) is 35.0 Å². The first-order chi connectivity index (χ1) is 21.7. The van der Waals surface area contributed by atoms with E-state index < -0.39 is 47.0 Å². The molecule has 0 unspecified atom stereocenters. The Morgan fingerprint density at radius 2 is 1.96 bits per heavy atom. The van der Waals surface area contributed by atoms with Crippen molar-refractivity contribution in [2.24, 2.45) is 11.1 Å². The molecule has 4 amide bonds. The van der Waals surface area contributed by atoms with Crippen molar-refractivity contribution in [3.63, 3.8) is 0 Å². The molecule has 46 heavy (non-hydrogen) atoms. The maximum Gasteiger partial charge on any atom is 0.258 e. The summed E-state index contributed by atoms with van der Waals surface area (Å²) < 4.78 is 20.4. The molecule has 1 aliphatic carbocycles. The molecule has 1 aromatic carbocycles. The number of aliphatic hydroxyl groups excluding tert-OH is 1. The monoisotopic (exact) mass is 660 g/mol. The number of aromatic nitrogens is 1. The Balaban J connectivity index is 1.47. The number of aliphatic hydroxyl groups is 1. The number of aryl methyl sites for hydroxylation is 1. The Morgan fingerprint density at radius 1 is 1.22 bits per heavy atom. The molecule has 2 aliphatic rings. The Labute approximate surface area is 272 Å². The van der Waals surface area contributed by atoms with Gasteiger partial charge in [0.05, 0.1) is 22.2 Å². The van der Waals surface area contributed by atoms with Crippen LogP contribution in [0.4, 0.5) is 4.39 Å². The van der Waals surface area contributed by atoms with Gasteiger partial charge < -0.3 is 36.4 Å². The molecule has 252 valence electrons. The van der Waals surface area contributed by atoms with E-state index in [9.17, 15) is 28.7 Å². The minimum Gasteiger partial charge on any atom is -0.483 e. The molecule has 1 aromatic heterocycles. The van der Waals surface area contributed by atoms with Crippen LogP contribution in [0.25, 0.3) is 10.4 Å². The SMILES string of the molecule is Cc1ncsc1-c1ccc(CNC(=O)[C@@H]2C[C@@H](O)CN2C(=O)[C@@H](NC(=O)C2(F)CC2)C(C)(C)C)c(OCC(=O)NCCCCN)c1. The zero-order chi connectivity index (χ0) is 33.6. The summed E-state index contributed by atoms with van der Waals surface area (Å²) in [6, 6.07) is 3.37. The van der Waals surface area contributed by atoms with Crippen LogP contribution in [0.1, 0.15) is 64.1 Å². The minimum absolute atomic E-state index is 0.00666. The smallest absolute Gasteiger partial charge is 0.258 e. The molecule has 1 saturated heterocycles. The lowest BCUT2D eigenvalue weighted by atomic mass is 9.85. The van der Waals surface area contributed by atoms with Gasteiger partial charge in [-0.2, -0.15) is 0 Å². The third-order valence-electron chi connectivity index (χ3n) is 8.19. The number of carbonyl (C=O) groups is 4. The van der Waals surface area contributed by atoms with E-state index >= 15 is 0 Å². The first-order valence-corrected chi connectivity index (χ1v) is 16.5. The number of β-amino-alcohol motifs (C(OH)–C–C–N with tert-alkyl or cyclic N) is 1. The average molecular weight is 661 g/mol. The Hall–Kier alpha value is -3.62. The molecule has 2 aromatic rings. The number of alkyl halides is 1. The largest absolute Gasteiger partial charge is 0.483 e. The number of hydrogen-bond donors (Lipinski definition) is 5. The van der Waals surface area contributed by atoms with Crippen molar-refractivity contribution in [3.8, 4) is 16.2 Å². The van der Waals surface area contributed by atoms with Crippen molar-refractivity contribution in [1.82, 2.24) is 25.8 Å². The number of carbonyl (C=O) groups excluding carboxylic acids is 4. The van der Waals surface area contributed by atoms with Gasteiger partial charge in [-0.15, -0.1) is 11.3 Å². The Kier molecular flexibility index (Phi) is 11.4. The van der Waals surface area contributed by atoms with Gasteiger partial charge >= 0.3 is 0 Å². The maximum atomic E-state index is 14.5.